The van der Waals surface area contributed by atoms with E-state index in [0.29, 0.717) is 26.1 Å². The van der Waals surface area contributed by atoms with E-state index in [2.05, 4.69) is 20.5 Å². The Morgan fingerprint density at radius 2 is 2.21 bits per heavy atom. The van der Waals surface area contributed by atoms with Gasteiger partial charge >= 0.3 is 0 Å². The van der Waals surface area contributed by atoms with Crippen LogP contribution in [0.2, 0.25) is 0 Å². The summed E-state index contributed by atoms with van der Waals surface area (Å²) in [5.74, 6) is 1.17. The molecule has 0 radical (unpaired) electrons. The van der Waals surface area contributed by atoms with Gasteiger partial charge in [-0.25, -0.2) is 4.98 Å². The first kappa shape index (κ1) is 19.3. The second kappa shape index (κ2) is 8.57. The molecule has 1 atom stereocenters. The molecule has 3 aromatic rings. The van der Waals surface area contributed by atoms with Gasteiger partial charge in [0.1, 0.15) is 0 Å². The van der Waals surface area contributed by atoms with Crippen LogP contribution in [0.1, 0.15) is 35.8 Å². The minimum Gasteiger partial charge on any atom is -0.384 e. The number of rotatable bonds is 7. The Bertz CT molecular complexity index is 1000. The highest BCUT2D eigenvalue weighted by Crippen LogP contribution is 2.29. The van der Waals surface area contributed by atoms with Crippen LogP contribution in [-0.2, 0) is 16.1 Å². The number of anilines is 1. The third-order valence-electron chi connectivity index (χ3n) is 5.31. The summed E-state index contributed by atoms with van der Waals surface area (Å²) in [6, 6.07) is 10.1. The number of methoxy groups -OCH3 is 1. The standard InChI is InChI=1S/C21H26N6O2/c1-14-4-3-5-16(23-14)12-22-20-17-6-7-18(24-21(17)26-25-20)15-8-10-27(13-15)19(28)9-11-29-2/h3-7,15H,8-13H2,1-2H3,(H2,22,24,25,26). The van der Waals surface area contributed by atoms with Crippen molar-refractivity contribution in [2.75, 3.05) is 32.1 Å². The van der Waals surface area contributed by atoms with Gasteiger partial charge in [-0.05, 0) is 37.6 Å². The number of likely N-dealkylation sites (tertiary alicyclic amines) is 1. The summed E-state index contributed by atoms with van der Waals surface area (Å²) < 4.78 is 5.01. The second-order valence-electron chi connectivity index (χ2n) is 7.40. The fourth-order valence-electron chi connectivity index (χ4n) is 3.73. The van der Waals surface area contributed by atoms with Crippen LogP contribution in [0.3, 0.4) is 0 Å². The number of hydrogen-bond donors (Lipinski definition) is 2. The number of nitrogens with zero attached hydrogens (tertiary/aromatic N) is 4. The van der Waals surface area contributed by atoms with Crippen molar-refractivity contribution < 1.29 is 9.53 Å². The van der Waals surface area contributed by atoms with Gasteiger partial charge in [-0.1, -0.05) is 6.07 Å². The highest BCUT2D eigenvalue weighted by Gasteiger charge is 2.28. The molecule has 1 aliphatic heterocycles. The smallest absolute Gasteiger partial charge is 0.224 e. The van der Waals surface area contributed by atoms with E-state index in [1.54, 1.807) is 7.11 Å². The van der Waals surface area contributed by atoms with Gasteiger partial charge in [0.2, 0.25) is 5.91 Å². The summed E-state index contributed by atoms with van der Waals surface area (Å²) in [7, 11) is 1.62. The van der Waals surface area contributed by atoms with Gasteiger partial charge in [0.05, 0.1) is 30.7 Å². The van der Waals surface area contributed by atoms with E-state index in [0.717, 1.165) is 46.9 Å². The van der Waals surface area contributed by atoms with E-state index >= 15 is 0 Å². The molecule has 8 nitrogen and oxygen atoms in total. The fraction of sp³-hybridized carbons (Fsp3) is 0.429. The van der Waals surface area contributed by atoms with Gasteiger partial charge in [-0.2, -0.15) is 5.10 Å². The molecule has 0 aliphatic carbocycles. The lowest BCUT2D eigenvalue weighted by molar-refractivity contribution is -0.131. The predicted molar refractivity (Wildman–Crippen MR) is 111 cm³/mol. The summed E-state index contributed by atoms with van der Waals surface area (Å²) in [5.41, 5.74) is 3.71. The largest absolute Gasteiger partial charge is 0.384 e. The lowest BCUT2D eigenvalue weighted by Gasteiger charge is -2.16. The first-order valence-electron chi connectivity index (χ1n) is 9.92. The van der Waals surface area contributed by atoms with E-state index in [1.807, 2.05) is 42.2 Å². The molecular weight excluding hydrogens is 368 g/mol. The first-order chi connectivity index (χ1) is 14.1. The van der Waals surface area contributed by atoms with Gasteiger partial charge in [-0.15, -0.1) is 0 Å². The van der Waals surface area contributed by atoms with Crippen molar-refractivity contribution >= 4 is 22.8 Å². The molecule has 3 aromatic heterocycles. The number of fused-ring (bicyclic) bond motifs is 1. The highest BCUT2D eigenvalue weighted by molar-refractivity contribution is 5.87. The minimum atomic E-state index is 0.146. The molecule has 1 saturated heterocycles. The summed E-state index contributed by atoms with van der Waals surface area (Å²) >= 11 is 0. The Kier molecular flexibility index (Phi) is 5.71. The van der Waals surface area contributed by atoms with Crippen molar-refractivity contribution in [2.24, 2.45) is 0 Å². The number of H-pyrrole nitrogens is 1. The van der Waals surface area contributed by atoms with Crippen LogP contribution in [0.5, 0.6) is 0 Å². The van der Waals surface area contributed by atoms with E-state index < -0.39 is 0 Å². The molecule has 0 saturated carbocycles. The third kappa shape index (κ3) is 4.37. The molecule has 8 heteroatoms. The molecule has 1 aliphatic rings. The molecule has 29 heavy (non-hydrogen) atoms. The Labute approximate surface area is 169 Å². The second-order valence-corrected chi connectivity index (χ2v) is 7.40. The Balaban J connectivity index is 1.42. The van der Waals surface area contributed by atoms with Crippen LogP contribution < -0.4 is 5.32 Å². The molecule has 4 rings (SSSR count). The first-order valence-corrected chi connectivity index (χ1v) is 9.92. The molecule has 2 N–H and O–H groups in total. The van der Waals surface area contributed by atoms with Gasteiger partial charge in [0, 0.05) is 37.5 Å². The number of amides is 1. The number of hydrogen-bond acceptors (Lipinski definition) is 6. The molecule has 0 spiro atoms. The highest BCUT2D eigenvalue weighted by atomic mass is 16.5. The number of aromatic nitrogens is 4. The van der Waals surface area contributed by atoms with E-state index in [4.69, 9.17) is 9.72 Å². The third-order valence-corrected chi connectivity index (χ3v) is 5.31. The zero-order valence-corrected chi connectivity index (χ0v) is 16.8. The fourth-order valence-corrected chi connectivity index (χ4v) is 3.73. The van der Waals surface area contributed by atoms with Crippen LogP contribution >= 0.6 is 0 Å². The van der Waals surface area contributed by atoms with Gasteiger partial charge in [0.25, 0.3) is 0 Å². The topological polar surface area (TPSA) is 96.0 Å². The number of carbonyl (C=O) groups is 1. The van der Waals surface area contributed by atoms with Crippen molar-refractivity contribution in [3.05, 3.63) is 47.4 Å². The molecule has 0 bridgehead atoms. The Morgan fingerprint density at radius 1 is 1.31 bits per heavy atom. The summed E-state index contributed by atoms with van der Waals surface area (Å²) in [5, 5.41) is 11.7. The quantitative estimate of drug-likeness (QED) is 0.640. The summed E-state index contributed by atoms with van der Waals surface area (Å²) in [4.78, 5) is 23.4. The Hall–Kier alpha value is -3.00. The molecule has 1 amide bonds. The SMILES string of the molecule is COCCC(=O)N1CCC(c2ccc3c(NCc4cccc(C)n4)n[nH]c3n2)C1. The average molecular weight is 394 g/mol. The molecule has 0 aromatic carbocycles. The van der Waals surface area contributed by atoms with Crippen molar-refractivity contribution in [1.82, 2.24) is 25.1 Å². The van der Waals surface area contributed by atoms with Crippen LogP contribution in [0.25, 0.3) is 11.0 Å². The maximum Gasteiger partial charge on any atom is 0.224 e. The lowest BCUT2D eigenvalue weighted by atomic mass is 10.0. The van der Waals surface area contributed by atoms with E-state index in [1.165, 1.54) is 0 Å². The normalized spacial score (nSPS) is 16.5. The van der Waals surface area contributed by atoms with Crippen molar-refractivity contribution in [2.45, 2.75) is 32.2 Å². The summed E-state index contributed by atoms with van der Waals surface area (Å²) in [6.45, 7) is 4.52. The Morgan fingerprint density at radius 3 is 3.03 bits per heavy atom. The van der Waals surface area contributed by atoms with E-state index in [-0.39, 0.29) is 11.8 Å². The zero-order valence-electron chi connectivity index (χ0n) is 16.8. The van der Waals surface area contributed by atoms with Gasteiger partial charge in [0.15, 0.2) is 11.5 Å². The number of nitrogens with one attached hydrogen (secondary N) is 2. The molecule has 1 fully saturated rings. The minimum absolute atomic E-state index is 0.146. The van der Waals surface area contributed by atoms with Crippen LogP contribution in [0.15, 0.2) is 30.3 Å². The number of aromatic amines is 1. The number of aryl methyl sites for hydroxylation is 1. The van der Waals surface area contributed by atoms with Crippen LogP contribution in [0.4, 0.5) is 5.82 Å². The van der Waals surface area contributed by atoms with Gasteiger partial charge < -0.3 is 15.0 Å². The van der Waals surface area contributed by atoms with Crippen LogP contribution in [-0.4, -0.2) is 57.8 Å². The van der Waals surface area contributed by atoms with Gasteiger partial charge in [-0.3, -0.25) is 14.9 Å². The molecule has 1 unspecified atom stereocenters. The maximum absolute atomic E-state index is 12.2. The van der Waals surface area contributed by atoms with Crippen LogP contribution in [0, 0.1) is 6.92 Å². The summed E-state index contributed by atoms with van der Waals surface area (Å²) in [6.07, 6.45) is 1.36. The van der Waals surface area contributed by atoms with Crippen molar-refractivity contribution in [3.63, 3.8) is 0 Å². The number of ether oxygens (including phenoxy) is 1. The van der Waals surface area contributed by atoms with Crippen molar-refractivity contribution in [3.8, 4) is 0 Å². The monoisotopic (exact) mass is 394 g/mol. The molecule has 152 valence electrons. The van der Waals surface area contributed by atoms with Crippen molar-refractivity contribution in [1.29, 1.82) is 0 Å². The number of carbonyl (C=O) groups excluding carboxylic acids is 1. The number of pyridine rings is 2. The van der Waals surface area contributed by atoms with E-state index in [9.17, 15) is 4.79 Å². The average Bonchev–Trinajstić information content (AvgIpc) is 3.37. The zero-order chi connectivity index (χ0) is 20.2. The lowest BCUT2D eigenvalue weighted by Crippen LogP contribution is -2.29. The predicted octanol–water partition coefficient (Wildman–Crippen LogP) is 2.63. The molecular formula is C21H26N6O2. The molecule has 4 heterocycles. The maximum atomic E-state index is 12.2.